The van der Waals surface area contributed by atoms with Crippen LogP contribution in [0.15, 0.2) is 30.9 Å². The van der Waals surface area contributed by atoms with Crippen molar-refractivity contribution in [1.29, 1.82) is 10.5 Å². The molecule has 112 valence electrons. The first-order valence-corrected chi connectivity index (χ1v) is 7.37. The van der Waals surface area contributed by atoms with Crippen LogP contribution < -0.4 is 0 Å². The second-order valence-corrected chi connectivity index (χ2v) is 5.97. The van der Waals surface area contributed by atoms with Crippen molar-refractivity contribution in [3.8, 4) is 23.3 Å². The van der Waals surface area contributed by atoms with Crippen LogP contribution in [0.3, 0.4) is 0 Å². The smallest absolute Gasteiger partial charge is 0.160 e. The molecule has 3 aromatic heterocycles. The highest BCUT2D eigenvalue weighted by Crippen LogP contribution is 2.46. The Labute approximate surface area is 132 Å². The third-order valence-electron chi connectivity index (χ3n) is 4.58. The van der Waals surface area contributed by atoms with Gasteiger partial charge in [0.25, 0.3) is 0 Å². The summed E-state index contributed by atoms with van der Waals surface area (Å²) in [5, 5.41) is 31.7. The summed E-state index contributed by atoms with van der Waals surface area (Å²) in [7, 11) is 0. The predicted octanol–water partition coefficient (Wildman–Crippen LogP) is 2.36. The molecule has 0 radical (unpaired) electrons. The summed E-state index contributed by atoms with van der Waals surface area (Å²) in [5.41, 5.74) is 2.26. The molecule has 0 amide bonds. The Hall–Kier alpha value is -3.19. The molecule has 0 saturated heterocycles. The van der Waals surface area contributed by atoms with Crippen LogP contribution in [0.2, 0.25) is 0 Å². The third-order valence-corrected chi connectivity index (χ3v) is 4.58. The van der Waals surface area contributed by atoms with E-state index in [-0.39, 0.29) is 11.5 Å². The number of H-pyrrole nitrogens is 1. The minimum atomic E-state index is -0.356. The zero-order valence-electron chi connectivity index (χ0n) is 12.3. The lowest BCUT2D eigenvalue weighted by Crippen LogP contribution is -2.46. The van der Waals surface area contributed by atoms with Gasteiger partial charge in [-0.15, -0.1) is 5.10 Å². The van der Waals surface area contributed by atoms with Crippen LogP contribution in [0.5, 0.6) is 0 Å². The fourth-order valence-corrected chi connectivity index (χ4v) is 3.33. The molecule has 23 heavy (non-hydrogen) atoms. The number of rotatable bonds is 3. The Morgan fingerprint density at radius 1 is 1.35 bits per heavy atom. The molecule has 3 aromatic rings. The largest absolute Gasteiger partial charge is 0.345 e. The fourth-order valence-electron chi connectivity index (χ4n) is 3.33. The lowest BCUT2D eigenvalue weighted by molar-refractivity contribution is 0.0882. The van der Waals surface area contributed by atoms with Crippen LogP contribution in [-0.4, -0.2) is 25.0 Å². The summed E-state index contributed by atoms with van der Waals surface area (Å²) >= 11 is 0. The first-order chi connectivity index (χ1) is 11.3. The molecule has 0 aliphatic heterocycles. The van der Waals surface area contributed by atoms with Crippen molar-refractivity contribution in [1.82, 2.24) is 25.0 Å². The van der Waals surface area contributed by atoms with Crippen molar-refractivity contribution < 1.29 is 0 Å². The van der Waals surface area contributed by atoms with Gasteiger partial charge in [0.2, 0.25) is 0 Å². The molecular formula is C16H13N7. The van der Waals surface area contributed by atoms with Crippen molar-refractivity contribution in [2.45, 2.75) is 24.8 Å². The standard InChI is InChI=1S/C16H13N7/c17-3-2-16(5-11(6-16)7-18)23-10-12(8-21-23)14-9-20-22-15-13(14)1-4-19-15/h1,4,8-11H,2,5-6H2,(H,19,22)/t11-,16-. The van der Waals surface area contributed by atoms with E-state index in [1.165, 1.54) is 0 Å². The number of hydrogen-bond donors (Lipinski definition) is 1. The number of fused-ring (bicyclic) bond motifs is 1. The van der Waals surface area contributed by atoms with Crippen LogP contribution in [0.1, 0.15) is 19.3 Å². The van der Waals surface area contributed by atoms with Gasteiger partial charge in [0.15, 0.2) is 5.65 Å². The van der Waals surface area contributed by atoms with Crippen molar-refractivity contribution in [2.75, 3.05) is 0 Å². The Morgan fingerprint density at radius 3 is 3.00 bits per heavy atom. The zero-order valence-corrected chi connectivity index (χ0v) is 12.3. The maximum absolute atomic E-state index is 9.13. The molecule has 0 unspecified atom stereocenters. The van der Waals surface area contributed by atoms with Crippen LogP contribution in [0.25, 0.3) is 22.2 Å². The van der Waals surface area contributed by atoms with Gasteiger partial charge in [0.05, 0.1) is 42.4 Å². The fraction of sp³-hybridized carbons (Fsp3) is 0.312. The molecule has 0 bridgehead atoms. The van der Waals surface area contributed by atoms with E-state index < -0.39 is 0 Å². The van der Waals surface area contributed by atoms with E-state index in [2.05, 4.69) is 32.4 Å². The molecular weight excluding hydrogens is 290 g/mol. The number of aromatic amines is 1. The van der Waals surface area contributed by atoms with Crippen LogP contribution >= 0.6 is 0 Å². The van der Waals surface area contributed by atoms with Gasteiger partial charge in [-0.1, -0.05) is 0 Å². The molecule has 0 atom stereocenters. The summed E-state index contributed by atoms with van der Waals surface area (Å²) in [6, 6.07) is 6.46. The van der Waals surface area contributed by atoms with Gasteiger partial charge in [-0.3, -0.25) is 4.68 Å². The lowest BCUT2D eigenvalue weighted by atomic mass is 9.67. The number of nitriles is 2. The minimum absolute atomic E-state index is 0.00923. The van der Waals surface area contributed by atoms with Gasteiger partial charge < -0.3 is 4.98 Å². The molecule has 7 nitrogen and oxygen atoms in total. The minimum Gasteiger partial charge on any atom is -0.345 e. The van der Waals surface area contributed by atoms with Gasteiger partial charge >= 0.3 is 0 Å². The Bertz CT molecular complexity index is 947. The van der Waals surface area contributed by atoms with E-state index in [9.17, 15) is 0 Å². The van der Waals surface area contributed by atoms with Crippen LogP contribution in [-0.2, 0) is 5.54 Å². The molecule has 1 aliphatic carbocycles. The highest BCUT2D eigenvalue weighted by atomic mass is 15.3. The average Bonchev–Trinajstić information content (AvgIpc) is 3.18. The summed E-state index contributed by atoms with van der Waals surface area (Å²) in [6.07, 6.45) is 8.97. The summed E-state index contributed by atoms with van der Waals surface area (Å²) < 4.78 is 1.85. The predicted molar refractivity (Wildman–Crippen MR) is 81.7 cm³/mol. The zero-order chi connectivity index (χ0) is 15.9. The molecule has 0 spiro atoms. The Balaban J connectivity index is 1.74. The first-order valence-electron chi connectivity index (χ1n) is 7.37. The van der Waals surface area contributed by atoms with E-state index in [0.717, 1.165) is 22.2 Å². The maximum Gasteiger partial charge on any atom is 0.160 e. The van der Waals surface area contributed by atoms with Crippen molar-refractivity contribution >= 4 is 11.0 Å². The molecule has 7 heteroatoms. The van der Waals surface area contributed by atoms with Gasteiger partial charge in [-0.2, -0.15) is 20.7 Å². The number of hydrogen-bond acceptors (Lipinski definition) is 5. The molecule has 0 aromatic carbocycles. The van der Waals surface area contributed by atoms with E-state index in [1.54, 1.807) is 12.4 Å². The maximum atomic E-state index is 9.13. The van der Waals surface area contributed by atoms with Gasteiger partial charge in [-0.25, -0.2) is 0 Å². The number of nitrogens with one attached hydrogen (secondary N) is 1. The normalized spacial score (nSPS) is 23.1. The second kappa shape index (κ2) is 4.92. The van der Waals surface area contributed by atoms with Crippen LogP contribution in [0.4, 0.5) is 0 Å². The number of aromatic nitrogens is 5. The van der Waals surface area contributed by atoms with E-state index >= 15 is 0 Å². The van der Waals surface area contributed by atoms with E-state index in [1.807, 2.05) is 23.1 Å². The van der Waals surface area contributed by atoms with Crippen molar-refractivity contribution in [2.24, 2.45) is 5.92 Å². The van der Waals surface area contributed by atoms with Gasteiger partial charge in [0, 0.05) is 28.9 Å². The topological polar surface area (TPSA) is 107 Å². The third kappa shape index (κ3) is 1.98. The average molecular weight is 303 g/mol. The second-order valence-electron chi connectivity index (χ2n) is 5.97. The highest BCUT2D eigenvalue weighted by Gasteiger charge is 2.46. The first kappa shape index (κ1) is 13.5. The van der Waals surface area contributed by atoms with Gasteiger partial charge in [0.1, 0.15) is 0 Å². The lowest BCUT2D eigenvalue weighted by Gasteiger charge is -2.43. The quantitative estimate of drug-likeness (QED) is 0.799. The molecule has 1 N–H and O–H groups in total. The van der Waals surface area contributed by atoms with Crippen molar-refractivity contribution in [3.05, 3.63) is 30.9 Å². The monoisotopic (exact) mass is 303 g/mol. The highest BCUT2D eigenvalue weighted by molar-refractivity contribution is 5.91. The Morgan fingerprint density at radius 2 is 2.22 bits per heavy atom. The van der Waals surface area contributed by atoms with E-state index in [4.69, 9.17) is 10.5 Å². The summed E-state index contributed by atoms with van der Waals surface area (Å²) in [6.45, 7) is 0. The summed E-state index contributed by atoms with van der Waals surface area (Å²) in [4.78, 5) is 3.04. The van der Waals surface area contributed by atoms with E-state index in [0.29, 0.717) is 19.3 Å². The van der Waals surface area contributed by atoms with Crippen LogP contribution in [0, 0.1) is 28.6 Å². The SMILES string of the molecule is N#CC[C@]1(n2cc(-c3cnnc4[nH]ccc34)cn2)C[C@H](C#N)C1. The molecule has 3 heterocycles. The van der Waals surface area contributed by atoms with Crippen molar-refractivity contribution in [3.63, 3.8) is 0 Å². The molecule has 1 fully saturated rings. The molecule has 1 saturated carbocycles. The number of nitrogens with zero attached hydrogens (tertiary/aromatic N) is 6. The molecule has 1 aliphatic rings. The summed E-state index contributed by atoms with van der Waals surface area (Å²) in [5.74, 6) is 0.00923. The van der Waals surface area contributed by atoms with Gasteiger partial charge in [-0.05, 0) is 18.9 Å². The molecule has 4 rings (SSSR count). The Kier molecular flexibility index (Phi) is 2.88.